The second-order valence-electron chi connectivity index (χ2n) is 6.00. The lowest BCUT2D eigenvalue weighted by Crippen LogP contribution is -2.37. The van der Waals surface area contributed by atoms with Crippen molar-refractivity contribution in [1.29, 1.82) is 0 Å². The highest BCUT2D eigenvalue weighted by molar-refractivity contribution is 5.79. The van der Waals surface area contributed by atoms with Crippen LogP contribution in [0.2, 0.25) is 0 Å². The molecule has 2 atom stereocenters. The molecule has 3 nitrogen and oxygen atoms in total. The number of aromatic nitrogens is 1. The highest BCUT2D eigenvalue weighted by Crippen LogP contribution is 2.31. The maximum atomic E-state index is 11.4. The largest absolute Gasteiger partial charge is 0.303 e. The fraction of sp³-hybridized carbons (Fsp3) is 0.444. The van der Waals surface area contributed by atoms with Crippen LogP contribution < -0.4 is 0 Å². The van der Waals surface area contributed by atoms with Crippen LogP contribution in [0.3, 0.4) is 0 Å². The standard InChI is InChI=1S/C18H22N2O/c1-14(13-21)18(20-9-5-2-6-10-20)16-11-15-7-3-4-8-17(15)19-12-16/h3-4,7-8,11-14,18H,2,5-6,9-10H2,1H3. The first-order valence-electron chi connectivity index (χ1n) is 7.83. The van der Waals surface area contributed by atoms with Gasteiger partial charge in [-0.1, -0.05) is 31.5 Å². The molecule has 1 saturated heterocycles. The van der Waals surface area contributed by atoms with Gasteiger partial charge in [0.15, 0.2) is 0 Å². The van der Waals surface area contributed by atoms with Gasteiger partial charge in [-0.05, 0) is 43.6 Å². The zero-order chi connectivity index (χ0) is 14.7. The van der Waals surface area contributed by atoms with Gasteiger partial charge in [0.25, 0.3) is 0 Å². The molecule has 0 N–H and O–H groups in total. The number of nitrogens with zero attached hydrogens (tertiary/aromatic N) is 2. The predicted molar refractivity (Wildman–Crippen MR) is 85.1 cm³/mol. The minimum atomic E-state index is -0.00828. The molecule has 0 spiro atoms. The van der Waals surface area contributed by atoms with Crippen LogP contribution in [0, 0.1) is 5.92 Å². The SMILES string of the molecule is CC(C=O)C(c1cnc2ccccc2c1)N1CCCCC1. The van der Waals surface area contributed by atoms with Crippen molar-refractivity contribution in [1.82, 2.24) is 9.88 Å². The molecule has 0 amide bonds. The number of piperidine rings is 1. The molecule has 3 rings (SSSR count). The second-order valence-corrected chi connectivity index (χ2v) is 6.00. The van der Waals surface area contributed by atoms with Crippen LogP contribution in [0.4, 0.5) is 0 Å². The number of rotatable bonds is 4. The summed E-state index contributed by atoms with van der Waals surface area (Å²) in [5.74, 6) is -0.00828. The van der Waals surface area contributed by atoms with Gasteiger partial charge in [-0.25, -0.2) is 0 Å². The fourth-order valence-electron chi connectivity index (χ4n) is 3.37. The van der Waals surface area contributed by atoms with Crippen molar-refractivity contribution >= 4 is 17.2 Å². The van der Waals surface area contributed by atoms with Gasteiger partial charge in [-0.15, -0.1) is 0 Å². The summed E-state index contributed by atoms with van der Waals surface area (Å²) in [6.45, 7) is 4.17. The van der Waals surface area contributed by atoms with Gasteiger partial charge >= 0.3 is 0 Å². The summed E-state index contributed by atoms with van der Waals surface area (Å²) in [6, 6.07) is 10.5. The van der Waals surface area contributed by atoms with Gasteiger partial charge in [0.2, 0.25) is 0 Å². The van der Waals surface area contributed by atoms with Gasteiger partial charge < -0.3 is 4.79 Å². The lowest BCUT2D eigenvalue weighted by molar-refractivity contribution is -0.112. The van der Waals surface area contributed by atoms with Crippen LogP contribution in [0.25, 0.3) is 10.9 Å². The molecular formula is C18H22N2O. The smallest absolute Gasteiger partial charge is 0.124 e. The summed E-state index contributed by atoms with van der Waals surface area (Å²) in [5.41, 5.74) is 2.17. The van der Waals surface area contributed by atoms with Crippen LogP contribution in [0.15, 0.2) is 36.5 Å². The van der Waals surface area contributed by atoms with Crippen LogP contribution in [-0.4, -0.2) is 29.3 Å². The Morgan fingerprint density at radius 2 is 1.95 bits per heavy atom. The molecule has 1 aromatic heterocycles. The average Bonchev–Trinajstić information content (AvgIpc) is 2.56. The minimum absolute atomic E-state index is 0.00828. The fourth-order valence-corrected chi connectivity index (χ4v) is 3.37. The van der Waals surface area contributed by atoms with E-state index in [9.17, 15) is 4.79 Å². The number of likely N-dealkylation sites (tertiary alicyclic amines) is 1. The van der Waals surface area contributed by atoms with Crippen LogP contribution >= 0.6 is 0 Å². The van der Waals surface area contributed by atoms with Crippen molar-refractivity contribution in [2.24, 2.45) is 5.92 Å². The Kier molecular flexibility index (Phi) is 4.30. The van der Waals surface area contributed by atoms with E-state index in [0.29, 0.717) is 0 Å². The Morgan fingerprint density at radius 1 is 1.19 bits per heavy atom. The van der Waals surface area contributed by atoms with Crippen molar-refractivity contribution in [3.63, 3.8) is 0 Å². The van der Waals surface area contributed by atoms with Gasteiger partial charge in [0.1, 0.15) is 6.29 Å². The molecule has 1 aliphatic heterocycles. The predicted octanol–water partition coefficient (Wildman–Crippen LogP) is 3.60. The van der Waals surface area contributed by atoms with Crippen LogP contribution in [-0.2, 0) is 4.79 Å². The zero-order valence-electron chi connectivity index (χ0n) is 12.5. The van der Waals surface area contributed by atoms with E-state index in [1.54, 1.807) is 0 Å². The first kappa shape index (κ1) is 14.2. The normalized spacial score (nSPS) is 19.3. The average molecular weight is 282 g/mol. The maximum absolute atomic E-state index is 11.4. The van der Waals surface area contributed by atoms with Gasteiger partial charge in [-0.2, -0.15) is 0 Å². The Bertz CT molecular complexity index is 619. The quantitative estimate of drug-likeness (QED) is 0.803. The van der Waals surface area contributed by atoms with E-state index in [1.807, 2.05) is 31.3 Å². The summed E-state index contributed by atoms with van der Waals surface area (Å²) in [5, 5.41) is 1.15. The number of benzene rings is 1. The maximum Gasteiger partial charge on any atom is 0.124 e. The third-order valence-corrected chi connectivity index (χ3v) is 4.45. The lowest BCUT2D eigenvalue weighted by atomic mass is 9.92. The molecule has 21 heavy (non-hydrogen) atoms. The number of para-hydroxylation sites is 1. The van der Waals surface area contributed by atoms with E-state index in [4.69, 9.17) is 0 Å². The summed E-state index contributed by atoms with van der Waals surface area (Å²) in [4.78, 5) is 18.4. The third kappa shape index (κ3) is 2.98. The molecule has 1 aliphatic rings. The number of carbonyl (C=O) groups excluding carboxylic acids is 1. The molecule has 1 fully saturated rings. The number of hydrogen-bond acceptors (Lipinski definition) is 3. The highest BCUT2D eigenvalue weighted by atomic mass is 16.1. The van der Waals surface area contributed by atoms with Gasteiger partial charge in [-0.3, -0.25) is 9.88 Å². The second kappa shape index (κ2) is 6.35. The monoisotopic (exact) mass is 282 g/mol. The summed E-state index contributed by atoms with van der Waals surface area (Å²) >= 11 is 0. The Hall–Kier alpha value is -1.74. The number of carbonyl (C=O) groups is 1. The zero-order valence-corrected chi connectivity index (χ0v) is 12.5. The first-order chi connectivity index (χ1) is 10.3. The highest BCUT2D eigenvalue weighted by Gasteiger charge is 2.27. The van der Waals surface area contributed by atoms with Crippen molar-refractivity contribution in [2.45, 2.75) is 32.2 Å². The number of pyridine rings is 1. The molecule has 2 unspecified atom stereocenters. The van der Waals surface area contributed by atoms with E-state index >= 15 is 0 Å². The molecule has 110 valence electrons. The van der Waals surface area contributed by atoms with E-state index in [1.165, 1.54) is 19.3 Å². The van der Waals surface area contributed by atoms with Crippen molar-refractivity contribution in [3.8, 4) is 0 Å². The van der Waals surface area contributed by atoms with E-state index < -0.39 is 0 Å². The summed E-state index contributed by atoms with van der Waals surface area (Å²) in [7, 11) is 0. The number of fused-ring (bicyclic) bond motifs is 1. The van der Waals surface area contributed by atoms with Crippen molar-refractivity contribution in [2.75, 3.05) is 13.1 Å². The molecule has 1 aromatic carbocycles. The van der Waals surface area contributed by atoms with Gasteiger partial charge in [0, 0.05) is 23.5 Å². The molecule has 0 radical (unpaired) electrons. The first-order valence-corrected chi connectivity index (χ1v) is 7.83. The molecule has 3 heteroatoms. The molecule has 0 bridgehead atoms. The molecular weight excluding hydrogens is 260 g/mol. The van der Waals surface area contributed by atoms with Crippen LogP contribution in [0.1, 0.15) is 37.8 Å². The molecule has 0 aliphatic carbocycles. The summed E-state index contributed by atoms with van der Waals surface area (Å²) < 4.78 is 0. The van der Waals surface area contributed by atoms with Gasteiger partial charge in [0.05, 0.1) is 5.52 Å². The Morgan fingerprint density at radius 3 is 2.71 bits per heavy atom. The lowest BCUT2D eigenvalue weighted by Gasteiger charge is -2.36. The van der Waals surface area contributed by atoms with E-state index in [0.717, 1.165) is 35.8 Å². The number of hydrogen-bond donors (Lipinski definition) is 0. The Labute approximate surface area is 126 Å². The van der Waals surface area contributed by atoms with Crippen molar-refractivity contribution < 1.29 is 4.79 Å². The molecule has 2 heterocycles. The van der Waals surface area contributed by atoms with E-state index in [-0.39, 0.29) is 12.0 Å². The van der Waals surface area contributed by atoms with Crippen molar-refractivity contribution in [3.05, 3.63) is 42.1 Å². The molecule has 0 saturated carbocycles. The van der Waals surface area contributed by atoms with E-state index in [2.05, 4.69) is 22.0 Å². The third-order valence-electron chi connectivity index (χ3n) is 4.45. The minimum Gasteiger partial charge on any atom is -0.303 e. The summed E-state index contributed by atoms with van der Waals surface area (Å²) in [6.07, 6.45) is 6.77. The number of aldehydes is 1. The topological polar surface area (TPSA) is 33.2 Å². The Balaban J connectivity index is 1.98. The molecule has 2 aromatic rings. The van der Waals surface area contributed by atoms with Crippen LogP contribution in [0.5, 0.6) is 0 Å².